The highest BCUT2D eigenvalue weighted by Crippen LogP contribution is 2.27. The molecule has 3 heterocycles. The van der Waals surface area contributed by atoms with Crippen LogP contribution < -0.4 is 0 Å². The van der Waals surface area contributed by atoms with Crippen LogP contribution in [0.4, 0.5) is 0 Å². The van der Waals surface area contributed by atoms with E-state index in [1.807, 2.05) is 22.2 Å². The Kier molecular flexibility index (Phi) is 4.67. The molecule has 1 N–H and O–H groups in total. The van der Waals surface area contributed by atoms with Crippen molar-refractivity contribution in [1.29, 1.82) is 0 Å². The van der Waals surface area contributed by atoms with Crippen molar-refractivity contribution >= 4 is 28.6 Å². The van der Waals surface area contributed by atoms with Crippen LogP contribution in [0.5, 0.6) is 0 Å². The van der Waals surface area contributed by atoms with E-state index < -0.39 is 0 Å². The SMILES string of the molecule is O=C(c1csc(-c2ccsc2)n1)N1CCCCCC1CO. The number of aliphatic hydroxyl groups is 1. The number of carbonyl (C=O) groups excluding carboxylic acids is 1. The first-order valence-corrected chi connectivity index (χ1v) is 9.02. The van der Waals surface area contributed by atoms with E-state index in [-0.39, 0.29) is 18.6 Å². The van der Waals surface area contributed by atoms with Gasteiger partial charge in [-0.1, -0.05) is 12.8 Å². The molecule has 2 aromatic rings. The number of rotatable bonds is 3. The number of nitrogens with zero attached hydrogens (tertiary/aromatic N) is 2. The Balaban J connectivity index is 1.80. The molecule has 1 amide bonds. The summed E-state index contributed by atoms with van der Waals surface area (Å²) in [6, 6.07) is 1.95. The summed E-state index contributed by atoms with van der Waals surface area (Å²) < 4.78 is 0. The lowest BCUT2D eigenvalue weighted by molar-refractivity contribution is 0.0595. The van der Waals surface area contributed by atoms with Crippen LogP contribution in [0.3, 0.4) is 0 Å². The minimum absolute atomic E-state index is 0.0350. The van der Waals surface area contributed by atoms with Crippen molar-refractivity contribution in [3.05, 3.63) is 27.9 Å². The van der Waals surface area contributed by atoms with Gasteiger partial charge in [-0.15, -0.1) is 11.3 Å². The summed E-state index contributed by atoms with van der Waals surface area (Å²) in [4.78, 5) is 19.0. The second-order valence-corrected chi connectivity index (χ2v) is 6.87. The van der Waals surface area contributed by atoms with Crippen LogP contribution in [-0.4, -0.2) is 40.1 Å². The summed E-state index contributed by atoms with van der Waals surface area (Å²) in [5.41, 5.74) is 1.57. The van der Waals surface area contributed by atoms with Crippen LogP contribution in [0.15, 0.2) is 22.2 Å². The molecule has 2 aromatic heterocycles. The normalized spacial score (nSPS) is 19.5. The zero-order chi connectivity index (χ0) is 14.7. The van der Waals surface area contributed by atoms with Gasteiger partial charge < -0.3 is 10.0 Å². The summed E-state index contributed by atoms with van der Waals surface area (Å²) >= 11 is 3.12. The third-order valence-corrected chi connectivity index (χ3v) is 5.41. The van der Waals surface area contributed by atoms with Gasteiger partial charge in [-0.05, 0) is 24.3 Å². The van der Waals surface area contributed by atoms with Crippen LogP contribution >= 0.6 is 22.7 Å². The molecule has 6 heteroatoms. The largest absolute Gasteiger partial charge is 0.394 e. The van der Waals surface area contributed by atoms with E-state index in [1.54, 1.807) is 16.2 Å². The summed E-state index contributed by atoms with van der Waals surface area (Å²) in [6.45, 7) is 0.753. The van der Waals surface area contributed by atoms with Gasteiger partial charge in [0.15, 0.2) is 0 Å². The first-order valence-electron chi connectivity index (χ1n) is 7.19. The molecule has 1 aliphatic heterocycles. The number of aliphatic hydroxyl groups excluding tert-OH is 1. The lowest BCUT2D eigenvalue weighted by Crippen LogP contribution is -2.42. The maximum absolute atomic E-state index is 12.7. The van der Waals surface area contributed by atoms with Crippen molar-refractivity contribution in [3.8, 4) is 10.6 Å². The molecular formula is C15H18N2O2S2. The first-order chi connectivity index (χ1) is 10.3. The number of thiazole rings is 1. The molecule has 21 heavy (non-hydrogen) atoms. The molecule has 0 bridgehead atoms. The quantitative estimate of drug-likeness (QED) is 0.944. The Morgan fingerprint density at radius 3 is 3.05 bits per heavy atom. The maximum atomic E-state index is 12.7. The minimum Gasteiger partial charge on any atom is -0.394 e. The van der Waals surface area contributed by atoms with Crippen molar-refractivity contribution in [1.82, 2.24) is 9.88 Å². The molecule has 1 fully saturated rings. The van der Waals surface area contributed by atoms with Gasteiger partial charge in [-0.2, -0.15) is 11.3 Å². The van der Waals surface area contributed by atoms with Gasteiger partial charge in [-0.25, -0.2) is 4.98 Å². The van der Waals surface area contributed by atoms with Crippen LogP contribution in [0, 0.1) is 0 Å². The number of amides is 1. The van der Waals surface area contributed by atoms with E-state index >= 15 is 0 Å². The lowest BCUT2D eigenvalue weighted by atomic mass is 10.1. The molecule has 1 unspecified atom stereocenters. The number of hydrogen-bond donors (Lipinski definition) is 1. The van der Waals surface area contributed by atoms with Gasteiger partial charge >= 0.3 is 0 Å². The predicted molar refractivity (Wildman–Crippen MR) is 85.8 cm³/mol. The van der Waals surface area contributed by atoms with E-state index in [4.69, 9.17) is 0 Å². The topological polar surface area (TPSA) is 53.4 Å². The average Bonchev–Trinajstić information content (AvgIpc) is 3.13. The molecule has 0 radical (unpaired) electrons. The summed E-state index contributed by atoms with van der Waals surface area (Å²) in [6.07, 6.45) is 4.08. The molecular weight excluding hydrogens is 304 g/mol. The monoisotopic (exact) mass is 322 g/mol. The Morgan fingerprint density at radius 1 is 1.38 bits per heavy atom. The molecule has 0 saturated carbocycles. The zero-order valence-electron chi connectivity index (χ0n) is 11.7. The van der Waals surface area contributed by atoms with Gasteiger partial charge in [0.1, 0.15) is 10.7 Å². The molecule has 3 rings (SSSR count). The number of hydrogen-bond acceptors (Lipinski definition) is 5. The fourth-order valence-corrected chi connectivity index (χ4v) is 4.18. The van der Waals surface area contributed by atoms with Crippen molar-refractivity contribution in [2.75, 3.05) is 13.2 Å². The smallest absolute Gasteiger partial charge is 0.273 e. The van der Waals surface area contributed by atoms with Crippen LogP contribution in [0.25, 0.3) is 10.6 Å². The summed E-state index contributed by atoms with van der Waals surface area (Å²) in [5, 5.41) is 16.3. The number of likely N-dealkylation sites (tertiary alicyclic amines) is 1. The fraction of sp³-hybridized carbons (Fsp3) is 0.467. The van der Waals surface area contributed by atoms with Gasteiger partial charge in [0.05, 0.1) is 12.6 Å². The van der Waals surface area contributed by atoms with Crippen LogP contribution in [-0.2, 0) is 0 Å². The van der Waals surface area contributed by atoms with Crippen molar-refractivity contribution < 1.29 is 9.90 Å². The Bertz CT molecular complexity index is 595. The molecule has 1 saturated heterocycles. The highest BCUT2D eigenvalue weighted by molar-refractivity contribution is 7.14. The minimum atomic E-state index is -0.0636. The van der Waals surface area contributed by atoms with Crippen molar-refractivity contribution in [2.45, 2.75) is 31.7 Å². The van der Waals surface area contributed by atoms with E-state index in [1.165, 1.54) is 11.3 Å². The van der Waals surface area contributed by atoms with E-state index in [0.717, 1.165) is 42.8 Å². The molecule has 112 valence electrons. The van der Waals surface area contributed by atoms with Gasteiger partial charge in [0.25, 0.3) is 5.91 Å². The van der Waals surface area contributed by atoms with E-state index in [2.05, 4.69) is 4.98 Å². The second-order valence-electron chi connectivity index (χ2n) is 5.23. The lowest BCUT2D eigenvalue weighted by Gasteiger charge is -2.27. The predicted octanol–water partition coefficient (Wildman–Crippen LogP) is 3.25. The molecule has 1 aliphatic rings. The zero-order valence-corrected chi connectivity index (χ0v) is 13.3. The Labute approximate surface area is 132 Å². The molecule has 0 aliphatic carbocycles. The van der Waals surface area contributed by atoms with Crippen LogP contribution in [0.1, 0.15) is 36.2 Å². The van der Waals surface area contributed by atoms with Crippen LogP contribution in [0.2, 0.25) is 0 Å². The third kappa shape index (κ3) is 3.17. The van der Waals surface area contributed by atoms with E-state index in [9.17, 15) is 9.90 Å². The first kappa shape index (κ1) is 14.7. The summed E-state index contributed by atoms with van der Waals surface area (Å²) in [5.74, 6) is -0.0475. The highest BCUT2D eigenvalue weighted by atomic mass is 32.1. The van der Waals surface area contributed by atoms with Crippen molar-refractivity contribution in [3.63, 3.8) is 0 Å². The molecule has 4 nitrogen and oxygen atoms in total. The van der Waals surface area contributed by atoms with Gasteiger partial charge in [0.2, 0.25) is 0 Å². The second kappa shape index (κ2) is 6.68. The number of carbonyl (C=O) groups is 1. The third-order valence-electron chi connectivity index (χ3n) is 3.84. The standard InChI is InChI=1S/C15H18N2O2S2/c18-8-12-4-2-1-3-6-17(12)15(19)13-10-21-14(16-13)11-5-7-20-9-11/h5,7,9-10,12,18H,1-4,6,8H2. The van der Waals surface area contributed by atoms with E-state index in [0.29, 0.717) is 5.69 Å². The molecule has 1 atom stereocenters. The fourth-order valence-electron chi connectivity index (χ4n) is 2.67. The Hall–Kier alpha value is -1.24. The number of aromatic nitrogens is 1. The molecule has 0 spiro atoms. The summed E-state index contributed by atoms with van der Waals surface area (Å²) in [7, 11) is 0. The van der Waals surface area contributed by atoms with Crippen molar-refractivity contribution in [2.24, 2.45) is 0 Å². The molecule has 0 aromatic carbocycles. The maximum Gasteiger partial charge on any atom is 0.273 e. The average molecular weight is 322 g/mol. The Morgan fingerprint density at radius 2 is 2.29 bits per heavy atom. The van der Waals surface area contributed by atoms with Gasteiger partial charge in [-0.3, -0.25) is 4.79 Å². The number of thiophene rings is 1. The highest BCUT2D eigenvalue weighted by Gasteiger charge is 2.27. The van der Waals surface area contributed by atoms with Gasteiger partial charge in [0, 0.05) is 22.9 Å².